The molecule has 2 N–H and O–H groups in total. The molecule has 0 spiro atoms. The third kappa shape index (κ3) is 3.07. The summed E-state index contributed by atoms with van der Waals surface area (Å²) in [6, 6.07) is 6.93. The van der Waals surface area contributed by atoms with Gasteiger partial charge in [-0.25, -0.2) is 9.97 Å². The van der Waals surface area contributed by atoms with Crippen molar-refractivity contribution in [2.45, 2.75) is 45.6 Å². The van der Waals surface area contributed by atoms with Gasteiger partial charge in [-0.1, -0.05) is 13.8 Å². The van der Waals surface area contributed by atoms with Gasteiger partial charge < -0.3 is 15.0 Å². The van der Waals surface area contributed by atoms with Crippen molar-refractivity contribution in [1.29, 1.82) is 0 Å². The van der Waals surface area contributed by atoms with Crippen LogP contribution in [0, 0.1) is 6.92 Å². The zero-order valence-corrected chi connectivity index (χ0v) is 15.8. The average Bonchev–Trinajstić information content (AvgIpc) is 3.11. The summed E-state index contributed by atoms with van der Waals surface area (Å²) >= 11 is 0. The van der Waals surface area contributed by atoms with Gasteiger partial charge in [0, 0.05) is 48.8 Å². The summed E-state index contributed by atoms with van der Waals surface area (Å²) < 4.78 is 2.09. The average molecular weight is 349 g/mol. The van der Waals surface area contributed by atoms with Crippen LogP contribution in [0.1, 0.15) is 43.9 Å². The molecule has 5 heteroatoms. The molecule has 3 aromatic rings. The van der Waals surface area contributed by atoms with E-state index in [1.165, 1.54) is 16.7 Å². The predicted molar refractivity (Wildman–Crippen MR) is 107 cm³/mol. The van der Waals surface area contributed by atoms with Crippen LogP contribution < -0.4 is 10.6 Å². The normalized spacial score (nSPS) is 16.0. The largest absolute Gasteiger partial charge is 0.356 e. The highest BCUT2D eigenvalue weighted by molar-refractivity contribution is 5.70. The van der Waals surface area contributed by atoms with Crippen LogP contribution in [-0.4, -0.2) is 33.5 Å². The van der Waals surface area contributed by atoms with Crippen LogP contribution in [0.2, 0.25) is 0 Å². The molecule has 0 unspecified atom stereocenters. The first-order valence-corrected chi connectivity index (χ1v) is 9.48. The number of piperidine rings is 1. The van der Waals surface area contributed by atoms with Crippen molar-refractivity contribution in [3.63, 3.8) is 0 Å². The first-order valence-electron chi connectivity index (χ1n) is 9.48. The Morgan fingerprint density at radius 1 is 1.19 bits per heavy atom. The number of anilines is 1. The minimum absolute atomic E-state index is 0.333. The van der Waals surface area contributed by atoms with Gasteiger partial charge in [0.1, 0.15) is 11.5 Å². The van der Waals surface area contributed by atoms with Crippen LogP contribution in [0.5, 0.6) is 0 Å². The molecule has 5 nitrogen and oxygen atoms in total. The Bertz CT molecular complexity index is 919. The van der Waals surface area contributed by atoms with E-state index < -0.39 is 0 Å². The van der Waals surface area contributed by atoms with Crippen molar-refractivity contribution in [1.82, 2.24) is 14.4 Å². The zero-order chi connectivity index (χ0) is 18.3. The SMILES string of the molecule is Cc1cc(-c2ccc(N3CCC(N)CC3)nc2C(C)C)cn2ccnc12. The minimum atomic E-state index is 0.333. The van der Waals surface area contributed by atoms with Crippen molar-refractivity contribution in [3.05, 3.63) is 48.0 Å². The minimum Gasteiger partial charge on any atom is -0.356 e. The summed E-state index contributed by atoms with van der Waals surface area (Å²) in [5.41, 5.74) is 11.8. The summed E-state index contributed by atoms with van der Waals surface area (Å²) in [6.45, 7) is 8.52. The molecule has 0 radical (unpaired) electrons. The van der Waals surface area contributed by atoms with Crippen molar-refractivity contribution >= 4 is 11.5 Å². The van der Waals surface area contributed by atoms with Crippen molar-refractivity contribution in [2.75, 3.05) is 18.0 Å². The molecule has 0 bridgehead atoms. The maximum Gasteiger partial charge on any atom is 0.139 e. The lowest BCUT2D eigenvalue weighted by molar-refractivity contribution is 0.498. The molecule has 136 valence electrons. The number of nitrogens with two attached hydrogens (primary N) is 1. The fraction of sp³-hybridized carbons (Fsp3) is 0.429. The molecular formula is C21H27N5. The van der Waals surface area contributed by atoms with Gasteiger partial charge in [0.25, 0.3) is 0 Å². The van der Waals surface area contributed by atoms with E-state index in [4.69, 9.17) is 10.7 Å². The van der Waals surface area contributed by atoms with Gasteiger partial charge in [-0.3, -0.25) is 0 Å². The molecular weight excluding hydrogens is 322 g/mol. The quantitative estimate of drug-likeness (QED) is 0.782. The van der Waals surface area contributed by atoms with Gasteiger partial charge in [0.05, 0.1) is 5.69 Å². The maximum atomic E-state index is 6.05. The van der Waals surface area contributed by atoms with E-state index in [-0.39, 0.29) is 0 Å². The Balaban J connectivity index is 1.75. The molecule has 3 aromatic heterocycles. The van der Waals surface area contributed by atoms with Crippen LogP contribution in [0.25, 0.3) is 16.8 Å². The number of imidazole rings is 1. The van der Waals surface area contributed by atoms with Gasteiger partial charge in [-0.2, -0.15) is 0 Å². The summed E-state index contributed by atoms with van der Waals surface area (Å²) in [4.78, 5) is 11.8. The summed E-state index contributed by atoms with van der Waals surface area (Å²) in [5.74, 6) is 1.43. The van der Waals surface area contributed by atoms with Gasteiger partial charge in [0.15, 0.2) is 0 Å². The lowest BCUT2D eigenvalue weighted by Gasteiger charge is -2.31. The molecule has 0 aromatic carbocycles. The first kappa shape index (κ1) is 17.0. The number of rotatable bonds is 3. The number of fused-ring (bicyclic) bond motifs is 1. The Morgan fingerprint density at radius 2 is 1.96 bits per heavy atom. The van der Waals surface area contributed by atoms with E-state index in [0.717, 1.165) is 43.1 Å². The van der Waals surface area contributed by atoms with Crippen LogP contribution >= 0.6 is 0 Å². The summed E-state index contributed by atoms with van der Waals surface area (Å²) in [6.07, 6.45) is 8.07. The van der Waals surface area contributed by atoms with Crippen molar-refractivity contribution in [3.8, 4) is 11.1 Å². The van der Waals surface area contributed by atoms with Crippen molar-refractivity contribution < 1.29 is 0 Å². The second-order valence-corrected chi connectivity index (χ2v) is 7.65. The third-order valence-corrected chi connectivity index (χ3v) is 5.30. The molecule has 0 aliphatic carbocycles. The number of aromatic nitrogens is 3. The molecule has 1 fully saturated rings. The molecule has 1 saturated heterocycles. The third-order valence-electron chi connectivity index (χ3n) is 5.30. The Kier molecular flexibility index (Phi) is 4.41. The molecule has 0 saturated carbocycles. The van der Waals surface area contributed by atoms with E-state index in [0.29, 0.717) is 12.0 Å². The molecule has 1 aliphatic rings. The van der Waals surface area contributed by atoms with Crippen LogP contribution in [0.15, 0.2) is 36.8 Å². The fourth-order valence-corrected chi connectivity index (χ4v) is 3.81. The zero-order valence-electron chi connectivity index (χ0n) is 15.8. The van der Waals surface area contributed by atoms with Crippen LogP contribution in [0.4, 0.5) is 5.82 Å². The first-order chi connectivity index (χ1) is 12.5. The Labute approximate surface area is 154 Å². The fourth-order valence-electron chi connectivity index (χ4n) is 3.81. The van der Waals surface area contributed by atoms with Gasteiger partial charge in [0.2, 0.25) is 0 Å². The van der Waals surface area contributed by atoms with E-state index >= 15 is 0 Å². The molecule has 1 aliphatic heterocycles. The van der Waals surface area contributed by atoms with E-state index in [1.54, 1.807) is 0 Å². The Morgan fingerprint density at radius 3 is 2.69 bits per heavy atom. The smallest absolute Gasteiger partial charge is 0.139 e. The van der Waals surface area contributed by atoms with Crippen molar-refractivity contribution in [2.24, 2.45) is 5.73 Å². The maximum absolute atomic E-state index is 6.05. The summed E-state index contributed by atoms with van der Waals surface area (Å²) in [7, 11) is 0. The second kappa shape index (κ2) is 6.72. The summed E-state index contributed by atoms with van der Waals surface area (Å²) in [5, 5.41) is 0. The standard InChI is InChI=1S/C21H27N5/c1-14(2)20-18(16-12-15(3)21-23-8-11-26(21)13-16)4-5-19(24-20)25-9-6-17(22)7-10-25/h4-5,8,11-14,17H,6-7,9-10,22H2,1-3H3. The van der Waals surface area contributed by atoms with Gasteiger partial charge >= 0.3 is 0 Å². The molecule has 4 heterocycles. The monoisotopic (exact) mass is 349 g/mol. The Hall–Kier alpha value is -2.40. The van der Waals surface area contributed by atoms with E-state index in [9.17, 15) is 0 Å². The topological polar surface area (TPSA) is 59.5 Å². The van der Waals surface area contributed by atoms with Gasteiger partial charge in [-0.05, 0) is 49.4 Å². The van der Waals surface area contributed by atoms with Crippen LogP contribution in [-0.2, 0) is 0 Å². The number of hydrogen-bond donors (Lipinski definition) is 1. The molecule has 0 amide bonds. The number of hydrogen-bond acceptors (Lipinski definition) is 4. The van der Waals surface area contributed by atoms with E-state index in [1.807, 2.05) is 12.4 Å². The molecule has 0 atom stereocenters. The van der Waals surface area contributed by atoms with E-state index in [2.05, 4.69) is 59.5 Å². The highest BCUT2D eigenvalue weighted by Gasteiger charge is 2.20. The lowest BCUT2D eigenvalue weighted by Crippen LogP contribution is -2.40. The lowest BCUT2D eigenvalue weighted by atomic mass is 9.97. The number of pyridine rings is 2. The highest BCUT2D eigenvalue weighted by atomic mass is 15.2. The highest BCUT2D eigenvalue weighted by Crippen LogP contribution is 2.31. The number of aryl methyl sites for hydroxylation is 1. The molecule has 26 heavy (non-hydrogen) atoms. The molecule has 4 rings (SSSR count). The predicted octanol–water partition coefficient (Wildman–Crippen LogP) is 3.76. The second-order valence-electron chi connectivity index (χ2n) is 7.65. The van der Waals surface area contributed by atoms with Crippen LogP contribution in [0.3, 0.4) is 0 Å². The number of nitrogens with zero attached hydrogens (tertiary/aromatic N) is 4. The van der Waals surface area contributed by atoms with Gasteiger partial charge in [-0.15, -0.1) is 0 Å².